The molecule has 1 aromatic rings. The van der Waals surface area contributed by atoms with Gasteiger partial charge in [0.2, 0.25) is 11.7 Å². The van der Waals surface area contributed by atoms with Crippen molar-refractivity contribution in [2.24, 2.45) is 5.92 Å². The van der Waals surface area contributed by atoms with Crippen molar-refractivity contribution in [2.45, 2.75) is 26.3 Å². The van der Waals surface area contributed by atoms with E-state index >= 15 is 0 Å². The number of benzene rings is 1. The Balaban J connectivity index is 2.23. The predicted octanol–water partition coefficient (Wildman–Crippen LogP) is 1.72. The van der Waals surface area contributed by atoms with Crippen molar-refractivity contribution < 1.29 is 28.5 Å². The molecule has 0 saturated carbocycles. The molecule has 0 aromatic heterocycles. The Bertz CT molecular complexity index is 660. The van der Waals surface area contributed by atoms with Crippen LogP contribution in [0.5, 0.6) is 17.2 Å². The summed E-state index contributed by atoms with van der Waals surface area (Å²) in [6.45, 7) is 6.14. The van der Waals surface area contributed by atoms with E-state index < -0.39 is 6.04 Å². The summed E-state index contributed by atoms with van der Waals surface area (Å²) in [6, 6.07) is 2.54. The Morgan fingerprint density at radius 3 is 2.11 bits per heavy atom. The van der Waals surface area contributed by atoms with Gasteiger partial charge in [-0.15, -0.1) is 0 Å². The highest BCUT2D eigenvalue weighted by Crippen LogP contribution is 2.38. The number of carbonyl (C=O) groups excluding carboxylic acids is 2. The molecular weight excluding hydrogens is 364 g/mol. The van der Waals surface area contributed by atoms with Crippen LogP contribution in [-0.4, -0.2) is 70.4 Å². The third kappa shape index (κ3) is 5.28. The number of methoxy groups -OCH3 is 3. The third-order valence-electron chi connectivity index (χ3n) is 4.56. The van der Waals surface area contributed by atoms with Gasteiger partial charge in [-0.05, 0) is 24.5 Å². The van der Waals surface area contributed by atoms with Gasteiger partial charge >= 0.3 is 0 Å². The Hall–Kier alpha value is -2.48. The van der Waals surface area contributed by atoms with Crippen molar-refractivity contribution in [3.8, 4) is 17.2 Å². The van der Waals surface area contributed by atoms with Gasteiger partial charge in [-0.1, -0.05) is 13.8 Å². The highest BCUT2D eigenvalue weighted by Gasteiger charge is 2.29. The van der Waals surface area contributed by atoms with Crippen LogP contribution in [-0.2, 0) is 9.53 Å². The Labute approximate surface area is 166 Å². The molecule has 0 radical (unpaired) electrons. The number of hydrogen-bond acceptors (Lipinski definition) is 6. The van der Waals surface area contributed by atoms with Gasteiger partial charge in [-0.2, -0.15) is 0 Å². The standard InChI is InChI=1S/C20H30N2O6/c1-13(2)10-15(20(24)22-6-8-28-9-7-22)21-19(23)14-11-16(25-3)18(27-5)17(12-14)26-4/h11-13,15H,6-10H2,1-5H3,(H,21,23)/t15-/m1/s1. The molecule has 28 heavy (non-hydrogen) atoms. The zero-order valence-corrected chi connectivity index (χ0v) is 17.2. The van der Waals surface area contributed by atoms with Gasteiger partial charge in [0.05, 0.1) is 34.5 Å². The van der Waals surface area contributed by atoms with Gasteiger partial charge in [0.15, 0.2) is 11.5 Å². The van der Waals surface area contributed by atoms with Crippen LogP contribution in [0.4, 0.5) is 0 Å². The fraction of sp³-hybridized carbons (Fsp3) is 0.600. The number of carbonyl (C=O) groups is 2. The van der Waals surface area contributed by atoms with E-state index in [0.717, 1.165) is 0 Å². The average molecular weight is 394 g/mol. The molecule has 156 valence electrons. The van der Waals surface area contributed by atoms with Crippen LogP contribution in [0.15, 0.2) is 12.1 Å². The Morgan fingerprint density at radius 1 is 1.07 bits per heavy atom. The molecular formula is C20H30N2O6. The Morgan fingerprint density at radius 2 is 1.64 bits per heavy atom. The van der Waals surface area contributed by atoms with Crippen LogP contribution >= 0.6 is 0 Å². The van der Waals surface area contributed by atoms with E-state index in [1.54, 1.807) is 17.0 Å². The lowest BCUT2D eigenvalue weighted by Crippen LogP contribution is -2.52. The normalized spacial score (nSPS) is 15.1. The van der Waals surface area contributed by atoms with Crippen molar-refractivity contribution in [3.05, 3.63) is 17.7 Å². The second-order valence-electron chi connectivity index (χ2n) is 7.01. The van der Waals surface area contributed by atoms with Gasteiger partial charge in [0.25, 0.3) is 5.91 Å². The second kappa shape index (κ2) is 10.2. The van der Waals surface area contributed by atoms with Gasteiger partial charge < -0.3 is 29.2 Å². The molecule has 8 nitrogen and oxygen atoms in total. The monoisotopic (exact) mass is 394 g/mol. The van der Waals surface area contributed by atoms with Gasteiger partial charge in [0, 0.05) is 18.7 Å². The molecule has 1 aromatic carbocycles. The van der Waals surface area contributed by atoms with Crippen LogP contribution in [0.1, 0.15) is 30.6 Å². The first-order valence-corrected chi connectivity index (χ1v) is 9.38. The van der Waals surface area contributed by atoms with Gasteiger partial charge in [-0.3, -0.25) is 9.59 Å². The summed E-state index contributed by atoms with van der Waals surface area (Å²) >= 11 is 0. The van der Waals surface area contributed by atoms with Crippen molar-refractivity contribution in [2.75, 3.05) is 47.6 Å². The number of morpholine rings is 1. The lowest BCUT2D eigenvalue weighted by Gasteiger charge is -2.31. The smallest absolute Gasteiger partial charge is 0.252 e. The van der Waals surface area contributed by atoms with Crippen molar-refractivity contribution >= 4 is 11.8 Å². The second-order valence-corrected chi connectivity index (χ2v) is 7.01. The topological polar surface area (TPSA) is 86.3 Å². The summed E-state index contributed by atoms with van der Waals surface area (Å²) in [5.41, 5.74) is 0.332. The molecule has 0 unspecified atom stereocenters. The van der Waals surface area contributed by atoms with Gasteiger partial charge in [-0.25, -0.2) is 0 Å². The summed E-state index contributed by atoms with van der Waals surface area (Å²) in [7, 11) is 4.48. The van der Waals surface area contributed by atoms with E-state index in [4.69, 9.17) is 18.9 Å². The largest absolute Gasteiger partial charge is 0.493 e. The zero-order valence-electron chi connectivity index (χ0n) is 17.2. The minimum Gasteiger partial charge on any atom is -0.493 e. The van der Waals surface area contributed by atoms with Crippen LogP contribution in [0.2, 0.25) is 0 Å². The Kier molecular flexibility index (Phi) is 7.92. The zero-order chi connectivity index (χ0) is 20.7. The SMILES string of the molecule is COc1cc(C(=O)N[C@H](CC(C)C)C(=O)N2CCOCC2)cc(OC)c1OC. The van der Waals surface area contributed by atoms with E-state index in [1.807, 2.05) is 13.8 Å². The lowest BCUT2D eigenvalue weighted by atomic mass is 10.0. The van der Waals surface area contributed by atoms with E-state index in [-0.39, 0.29) is 17.7 Å². The first-order valence-electron chi connectivity index (χ1n) is 9.38. The molecule has 1 aliphatic rings. The first-order chi connectivity index (χ1) is 13.4. The van der Waals surface area contributed by atoms with Crippen molar-refractivity contribution in [3.63, 3.8) is 0 Å². The number of amides is 2. The van der Waals surface area contributed by atoms with E-state index in [0.29, 0.717) is 55.5 Å². The van der Waals surface area contributed by atoms with Crippen LogP contribution in [0, 0.1) is 5.92 Å². The number of hydrogen-bond donors (Lipinski definition) is 1. The predicted molar refractivity (Wildman–Crippen MR) is 104 cm³/mol. The summed E-state index contributed by atoms with van der Waals surface area (Å²) in [4.78, 5) is 27.6. The molecule has 2 amide bonds. The fourth-order valence-electron chi connectivity index (χ4n) is 3.15. The molecule has 0 bridgehead atoms. The quantitative estimate of drug-likeness (QED) is 0.723. The summed E-state index contributed by atoms with van der Waals surface area (Å²) in [6.07, 6.45) is 0.548. The molecule has 1 saturated heterocycles. The molecule has 0 aliphatic carbocycles. The third-order valence-corrected chi connectivity index (χ3v) is 4.56. The minimum absolute atomic E-state index is 0.0854. The molecule has 1 fully saturated rings. The van der Waals surface area contributed by atoms with E-state index in [1.165, 1.54) is 21.3 Å². The molecule has 1 N–H and O–H groups in total. The number of rotatable bonds is 8. The van der Waals surface area contributed by atoms with Crippen molar-refractivity contribution in [1.82, 2.24) is 10.2 Å². The maximum atomic E-state index is 12.9. The van der Waals surface area contributed by atoms with E-state index in [9.17, 15) is 9.59 Å². The van der Waals surface area contributed by atoms with Crippen LogP contribution in [0.25, 0.3) is 0 Å². The highest BCUT2D eigenvalue weighted by atomic mass is 16.5. The van der Waals surface area contributed by atoms with Crippen LogP contribution < -0.4 is 19.5 Å². The molecule has 1 aliphatic heterocycles. The lowest BCUT2D eigenvalue weighted by molar-refractivity contribution is -0.137. The minimum atomic E-state index is -0.607. The summed E-state index contributed by atoms with van der Waals surface area (Å²) < 4.78 is 21.2. The van der Waals surface area contributed by atoms with Gasteiger partial charge in [0.1, 0.15) is 6.04 Å². The van der Waals surface area contributed by atoms with Crippen molar-refractivity contribution in [1.29, 1.82) is 0 Å². The molecule has 8 heteroatoms. The number of ether oxygens (including phenoxy) is 4. The molecule has 0 spiro atoms. The first kappa shape index (κ1) is 21.8. The van der Waals surface area contributed by atoms with E-state index in [2.05, 4.69) is 5.32 Å². The fourth-order valence-corrected chi connectivity index (χ4v) is 3.15. The van der Waals surface area contributed by atoms with Crippen LogP contribution in [0.3, 0.4) is 0 Å². The molecule has 1 atom stereocenters. The molecule has 1 heterocycles. The number of nitrogens with one attached hydrogen (secondary N) is 1. The maximum absolute atomic E-state index is 12.9. The summed E-state index contributed by atoms with van der Waals surface area (Å²) in [5, 5.41) is 2.88. The average Bonchev–Trinajstić information content (AvgIpc) is 2.71. The maximum Gasteiger partial charge on any atom is 0.252 e. The number of nitrogens with zero attached hydrogens (tertiary/aromatic N) is 1. The molecule has 2 rings (SSSR count). The highest BCUT2D eigenvalue weighted by molar-refractivity contribution is 5.98. The summed E-state index contributed by atoms with van der Waals surface area (Å²) in [5.74, 6) is 0.961.